The second kappa shape index (κ2) is 8.80. The number of aryl methyl sites for hydroxylation is 1. The Kier molecular flexibility index (Phi) is 6.21. The lowest BCUT2D eigenvalue weighted by Gasteiger charge is -2.32. The lowest BCUT2D eigenvalue weighted by atomic mass is 9.89. The van der Waals surface area contributed by atoms with Gasteiger partial charge in [-0.05, 0) is 61.3 Å². The van der Waals surface area contributed by atoms with E-state index in [4.69, 9.17) is 0 Å². The molecule has 2 aromatic rings. The SMILES string of the molecule is O=C(CCCCc1ccc(F)cc1)N1CCC(c2ccccc2)CC1. The maximum absolute atomic E-state index is 12.9. The summed E-state index contributed by atoms with van der Waals surface area (Å²) in [5, 5.41) is 0. The molecule has 0 aromatic heterocycles. The number of unbranched alkanes of at least 4 members (excludes halogenated alkanes) is 1. The highest BCUT2D eigenvalue weighted by Gasteiger charge is 2.23. The van der Waals surface area contributed by atoms with Gasteiger partial charge in [0.25, 0.3) is 0 Å². The van der Waals surface area contributed by atoms with Gasteiger partial charge in [0.2, 0.25) is 5.91 Å². The third-order valence-electron chi connectivity index (χ3n) is 5.14. The van der Waals surface area contributed by atoms with E-state index in [2.05, 4.69) is 24.3 Å². The zero-order chi connectivity index (χ0) is 17.5. The van der Waals surface area contributed by atoms with E-state index in [1.165, 1.54) is 17.7 Å². The van der Waals surface area contributed by atoms with Crippen LogP contribution in [0.3, 0.4) is 0 Å². The molecule has 0 unspecified atom stereocenters. The number of carbonyl (C=O) groups is 1. The highest BCUT2D eigenvalue weighted by atomic mass is 19.1. The standard InChI is InChI=1S/C22H26FNO/c23-21-12-10-18(11-13-21)6-4-5-9-22(25)24-16-14-20(15-17-24)19-7-2-1-3-8-19/h1-3,7-8,10-13,20H,4-6,9,14-17H2. The molecular formula is C22H26FNO. The Morgan fingerprint density at radius 1 is 0.960 bits per heavy atom. The van der Waals surface area contributed by atoms with Crippen LogP contribution in [0.2, 0.25) is 0 Å². The molecule has 1 amide bonds. The first kappa shape index (κ1) is 17.7. The first-order valence-electron chi connectivity index (χ1n) is 9.29. The number of halogens is 1. The fourth-order valence-corrected chi connectivity index (χ4v) is 3.60. The lowest BCUT2D eigenvalue weighted by Crippen LogP contribution is -2.37. The highest BCUT2D eigenvalue weighted by molar-refractivity contribution is 5.76. The van der Waals surface area contributed by atoms with Crippen molar-refractivity contribution in [3.8, 4) is 0 Å². The summed E-state index contributed by atoms with van der Waals surface area (Å²) in [6.45, 7) is 1.74. The molecule has 0 bridgehead atoms. The van der Waals surface area contributed by atoms with Crippen molar-refractivity contribution in [1.82, 2.24) is 4.90 Å². The maximum atomic E-state index is 12.9. The summed E-state index contributed by atoms with van der Waals surface area (Å²) in [5.41, 5.74) is 2.53. The minimum atomic E-state index is -0.196. The number of likely N-dealkylation sites (tertiary alicyclic amines) is 1. The molecule has 1 fully saturated rings. The van der Waals surface area contributed by atoms with Crippen molar-refractivity contribution in [1.29, 1.82) is 0 Å². The molecule has 1 aliphatic rings. The van der Waals surface area contributed by atoms with Crippen molar-refractivity contribution in [2.75, 3.05) is 13.1 Å². The predicted octanol–water partition coefficient (Wildman–Crippen LogP) is 4.94. The Balaban J connectivity index is 1.36. The summed E-state index contributed by atoms with van der Waals surface area (Å²) in [6, 6.07) is 17.3. The number of carbonyl (C=O) groups excluding carboxylic acids is 1. The fraction of sp³-hybridized carbons (Fsp3) is 0.409. The van der Waals surface area contributed by atoms with Crippen LogP contribution in [0.15, 0.2) is 54.6 Å². The number of hydrogen-bond acceptors (Lipinski definition) is 1. The third kappa shape index (κ3) is 5.15. The molecule has 2 aromatic carbocycles. The second-order valence-electron chi connectivity index (χ2n) is 6.90. The van der Waals surface area contributed by atoms with Crippen LogP contribution >= 0.6 is 0 Å². The molecule has 0 N–H and O–H groups in total. The van der Waals surface area contributed by atoms with Crippen LogP contribution in [0.1, 0.15) is 49.1 Å². The average molecular weight is 339 g/mol. The Morgan fingerprint density at radius 2 is 1.64 bits per heavy atom. The summed E-state index contributed by atoms with van der Waals surface area (Å²) in [5.74, 6) is 0.673. The molecule has 1 saturated heterocycles. The van der Waals surface area contributed by atoms with Crippen molar-refractivity contribution in [2.24, 2.45) is 0 Å². The number of amides is 1. The summed E-state index contributed by atoms with van der Waals surface area (Å²) < 4.78 is 12.9. The Bertz CT molecular complexity index is 660. The van der Waals surface area contributed by atoms with Crippen molar-refractivity contribution >= 4 is 5.91 Å². The summed E-state index contributed by atoms with van der Waals surface area (Å²) >= 11 is 0. The molecule has 2 nitrogen and oxygen atoms in total. The Hall–Kier alpha value is -2.16. The monoisotopic (exact) mass is 339 g/mol. The molecule has 1 aliphatic heterocycles. The molecule has 25 heavy (non-hydrogen) atoms. The molecule has 0 atom stereocenters. The Labute approximate surface area is 149 Å². The molecule has 0 radical (unpaired) electrons. The van der Waals surface area contributed by atoms with Gasteiger partial charge in [0.1, 0.15) is 5.82 Å². The third-order valence-corrected chi connectivity index (χ3v) is 5.14. The first-order valence-corrected chi connectivity index (χ1v) is 9.29. The average Bonchev–Trinajstić information content (AvgIpc) is 2.67. The van der Waals surface area contributed by atoms with Gasteiger partial charge >= 0.3 is 0 Å². The van der Waals surface area contributed by atoms with Gasteiger partial charge in [-0.2, -0.15) is 0 Å². The molecular weight excluding hydrogens is 313 g/mol. The molecule has 3 heteroatoms. The van der Waals surface area contributed by atoms with E-state index in [1.54, 1.807) is 0 Å². The predicted molar refractivity (Wildman–Crippen MR) is 99.0 cm³/mol. The molecule has 0 aliphatic carbocycles. The normalized spacial score (nSPS) is 15.3. The van der Waals surface area contributed by atoms with Crippen molar-refractivity contribution < 1.29 is 9.18 Å². The number of hydrogen-bond donors (Lipinski definition) is 0. The smallest absolute Gasteiger partial charge is 0.222 e. The van der Waals surface area contributed by atoms with E-state index in [-0.39, 0.29) is 11.7 Å². The van der Waals surface area contributed by atoms with Crippen LogP contribution in [-0.4, -0.2) is 23.9 Å². The van der Waals surface area contributed by atoms with Gasteiger partial charge < -0.3 is 4.90 Å². The van der Waals surface area contributed by atoms with E-state index in [1.807, 2.05) is 23.1 Å². The van der Waals surface area contributed by atoms with Crippen molar-refractivity contribution in [3.63, 3.8) is 0 Å². The number of piperidine rings is 1. The zero-order valence-corrected chi connectivity index (χ0v) is 14.7. The van der Waals surface area contributed by atoms with Crippen LogP contribution in [0.25, 0.3) is 0 Å². The lowest BCUT2D eigenvalue weighted by molar-refractivity contribution is -0.132. The van der Waals surface area contributed by atoms with E-state index in [0.29, 0.717) is 12.3 Å². The van der Waals surface area contributed by atoms with Gasteiger partial charge in [-0.15, -0.1) is 0 Å². The van der Waals surface area contributed by atoms with Gasteiger partial charge in [0.15, 0.2) is 0 Å². The first-order chi connectivity index (χ1) is 12.2. The maximum Gasteiger partial charge on any atom is 0.222 e. The van der Waals surface area contributed by atoms with Crippen LogP contribution in [-0.2, 0) is 11.2 Å². The van der Waals surface area contributed by atoms with Crippen molar-refractivity contribution in [2.45, 2.75) is 44.4 Å². The second-order valence-corrected chi connectivity index (χ2v) is 6.90. The van der Waals surface area contributed by atoms with Gasteiger partial charge in [-0.1, -0.05) is 42.5 Å². The highest BCUT2D eigenvalue weighted by Crippen LogP contribution is 2.28. The molecule has 0 spiro atoms. The van der Waals surface area contributed by atoms with E-state index >= 15 is 0 Å². The molecule has 0 saturated carbocycles. The number of nitrogens with zero attached hydrogens (tertiary/aromatic N) is 1. The van der Waals surface area contributed by atoms with Crippen molar-refractivity contribution in [3.05, 3.63) is 71.5 Å². The van der Waals surface area contributed by atoms with Crippen LogP contribution in [0, 0.1) is 5.82 Å². The minimum absolute atomic E-state index is 0.196. The molecule has 132 valence electrons. The van der Waals surface area contributed by atoms with Gasteiger partial charge in [-0.3, -0.25) is 4.79 Å². The van der Waals surface area contributed by atoms with E-state index < -0.39 is 0 Å². The summed E-state index contributed by atoms with van der Waals surface area (Å²) in [6.07, 6.45) is 5.52. The summed E-state index contributed by atoms with van der Waals surface area (Å²) in [7, 11) is 0. The Morgan fingerprint density at radius 3 is 2.32 bits per heavy atom. The van der Waals surface area contributed by atoms with Crippen LogP contribution in [0.5, 0.6) is 0 Å². The zero-order valence-electron chi connectivity index (χ0n) is 14.7. The van der Waals surface area contributed by atoms with E-state index in [0.717, 1.165) is 50.8 Å². The van der Waals surface area contributed by atoms with Gasteiger partial charge in [0.05, 0.1) is 0 Å². The van der Waals surface area contributed by atoms with Gasteiger partial charge in [0, 0.05) is 19.5 Å². The topological polar surface area (TPSA) is 20.3 Å². The van der Waals surface area contributed by atoms with E-state index in [9.17, 15) is 9.18 Å². The van der Waals surface area contributed by atoms with Crippen LogP contribution < -0.4 is 0 Å². The largest absolute Gasteiger partial charge is 0.343 e. The van der Waals surface area contributed by atoms with Gasteiger partial charge in [-0.25, -0.2) is 4.39 Å². The fourth-order valence-electron chi connectivity index (χ4n) is 3.60. The van der Waals surface area contributed by atoms with Crippen LogP contribution in [0.4, 0.5) is 4.39 Å². The molecule has 1 heterocycles. The molecule has 3 rings (SSSR count). The number of benzene rings is 2. The minimum Gasteiger partial charge on any atom is -0.343 e. The quantitative estimate of drug-likeness (QED) is 0.682. The summed E-state index contributed by atoms with van der Waals surface area (Å²) in [4.78, 5) is 14.4. The number of rotatable bonds is 6.